The summed E-state index contributed by atoms with van der Waals surface area (Å²) in [5, 5.41) is 2.91. The molecule has 2 saturated carbocycles. The first kappa shape index (κ1) is 12.5. The van der Waals surface area contributed by atoms with Gasteiger partial charge in [0.25, 0.3) is 0 Å². The van der Waals surface area contributed by atoms with Gasteiger partial charge in [-0.3, -0.25) is 0 Å². The minimum absolute atomic E-state index is 0.245. The van der Waals surface area contributed by atoms with Crippen LogP contribution in [0.25, 0.3) is 0 Å². The van der Waals surface area contributed by atoms with Crippen molar-refractivity contribution in [2.75, 3.05) is 0 Å². The lowest BCUT2D eigenvalue weighted by atomic mass is 9.51. The smallest absolute Gasteiger partial charge is 0.407 e. The minimum Gasteiger partial charge on any atom is -0.445 e. The van der Waals surface area contributed by atoms with Crippen LogP contribution >= 0.6 is 0 Å². The lowest BCUT2D eigenvalue weighted by Crippen LogP contribution is -2.63. The number of carbonyl (C=O) groups is 1. The van der Waals surface area contributed by atoms with E-state index in [0.29, 0.717) is 18.1 Å². The molecule has 4 heteroatoms. The first-order valence-electron chi connectivity index (χ1n) is 6.91. The molecule has 2 aliphatic rings. The zero-order valence-corrected chi connectivity index (χ0v) is 11.0. The van der Waals surface area contributed by atoms with E-state index in [0.717, 1.165) is 24.8 Å². The first-order chi connectivity index (χ1) is 9.18. The Bertz CT molecular complexity index is 454. The molecule has 0 aromatic heterocycles. The van der Waals surface area contributed by atoms with Crippen LogP contribution < -0.4 is 11.1 Å². The van der Waals surface area contributed by atoms with Gasteiger partial charge in [-0.2, -0.15) is 0 Å². The predicted octanol–water partition coefficient (Wildman–Crippen LogP) is 2.18. The highest BCUT2D eigenvalue weighted by Crippen LogP contribution is 2.54. The van der Waals surface area contributed by atoms with Crippen LogP contribution in [0.5, 0.6) is 0 Å². The van der Waals surface area contributed by atoms with Gasteiger partial charge in [0.15, 0.2) is 0 Å². The zero-order chi connectivity index (χ0) is 13.3. The van der Waals surface area contributed by atoms with Gasteiger partial charge in [-0.1, -0.05) is 30.3 Å². The molecule has 0 aliphatic heterocycles. The molecule has 1 atom stereocenters. The number of rotatable bonds is 3. The second-order valence-corrected chi connectivity index (χ2v) is 5.82. The summed E-state index contributed by atoms with van der Waals surface area (Å²) in [6, 6.07) is 10.3. The number of hydrogen-bond donors (Lipinski definition) is 2. The van der Waals surface area contributed by atoms with Gasteiger partial charge in [0.1, 0.15) is 6.61 Å². The summed E-state index contributed by atoms with van der Waals surface area (Å²) in [5.74, 6) is 0. The van der Waals surface area contributed by atoms with Gasteiger partial charge in [-0.05, 0) is 36.7 Å². The fraction of sp³-hybridized carbons (Fsp3) is 0.533. The van der Waals surface area contributed by atoms with Gasteiger partial charge >= 0.3 is 6.09 Å². The molecule has 1 spiro atoms. The van der Waals surface area contributed by atoms with E-state index in [4.69, 9.17) is 10.5 Å². The highest BCUT2D eigenvalue weighted by molar-refractivity contribution is 5.67. The summed E-state index contributed by atoms with van der Waals surface area (Å²) in [4.78, 5) is 11.7. The Balaban J connectivity index is 1.39. The number of amides is 1. The molecule has 3 N–H and O–H groups in total. The number of nitrogens with two attached hydrogens (primary N) is 1. The molecule has 0 bridgehead atoms. The number of hydrogen-bond acceptors (Lipinski definition) is 3. The maximum atomic E-state index is 11.7. The average molecular weight is 260 g/mol. The minimum atomic E-state index is -0.323. The Labute approximate surface area is 113 Å². The summed E-state index contributed by atoms with van der Waals surface area (Å²) in [5.41, 5.74) is 7.34. The molecule has 2 aliphatic carbocycles. The Kier molecular flexibility index (Phi) is 3.19. The van der Waals surface area contributed by atoms with Gasteiger partial charge in [0.2, 0.25) is 0 Å². The van der Waals surface area contributed by atoms with Crippen molar-refractivity contribution in [3.8, 4) is 0 Å². The largest absolute Gasteiger partial charge is 0.445 e. The maximum Gasteiger partial charge on any atom is 0.407 e. The Morgan fingerprint density at radius 3 is 2.68 bits per heavy atom. The van der Waals surface area contributed by atoms with Crippen molar-refractivity contribution in [1.82, 2.24) is 5.32 Å². The summed E-state index contributed by atoms with van der Waals surface area (Å²) in [6.45, 7) is 0.323. The van der Waals surface area contributed by atoms with E-state index < -0.39 is 0 Å². The Morgan fingerprint density at radius 2 is 2.11 bits per heavy atom. The van der Waals surface area contributed by atoms with Crippen LogP contribution in [0, 0.1) is 5.41 Å². The predicted molar refractivity (Wildman–Crippen MR) is 72.4 cm³/mol. The van der Waals surface area contributed by atoms with E-state index in [1.165, 1.54) is 6.42 Å². The van der Waals surface area contributed by atoms with Crippen molar-refractivity contribution < 1.29 is 9.53 Å². The molecule has 102 valence electrons. The molecule has 0 unspecified atom stereocenters. The van der Waals surface area contributed by atoms with Crippen molar-refractivity contribution in [3.05, 3.63) is 35.9 Å². The Hall–Kier alpha value is -1.55. The van der Waals surface area contributed by atoms with Crippen molar-refractivity contribution >= 4 is 6.09 Å². The van der Waals surface area contributed by atoms with Crippen LogP contribution in [0.15, 0.2) is 30.3 Å². The summed E-state index contributed by atoms with van der Waals surface area (Å²) in [6.07, 6.45) is 4.04. The maximum absolute atomic E-state index is 11.7. The quantitative estimate of drug-likeness (QED) is 0.875. The fourth-order valence-corrected chi connectivity index (χ4v) is 3.18. The molecule has 4 nitrogen and oxygen atoms in total. The summed E-state index contributed by atoms with van der Waals surface area (Å²) >= 11 is 0. The van der Waals surface area contributed by atoms with E-state index in [-0.39, 0.29) is 12.1 Å². The third-order valence-electron chi connectivity index (χ3n) is 4.58. The second kappa shape index (κ2) is 4.85. The third-order valence-corrected chi connectivity index (χ3v) is 4.58. The average Bonchev–Trinajstić information content (AvgIpc) is 2.39. The molecular weight excluding hydrogens is 240 g/mol. The highest BCUT2D eigenvalue weighted by atomic mass is 16.5. The van der Waals surface area contributed by atoms with Crippen molar-refractivity contribution in [3.63, 3.8) is 0 Å². The summed E-state index contributed by atoms with van der Waals surface area (Å²) in [7, 11) is 0. The third kappa shape index (κ3) is 2.45. The van der Waals surface area contributed by atoms with Crippen LogP contribution in [0.4, 0.5) is 4.79 Å². The zero-order valence-electron chi connectivity index (χ0n) is 11.0. The molecule has 0 radical (unpaired) electrons. The fourth-order valence-electron chi connectivity index (χ4n) is 3.18. The molecule has 19 heavy (non-hydrogen) atoms. The number of nitrogens with one attached hydrogen (secondary N) is 1. The number of ether oxygens (including phenoxy) is 1. The molecule has 2 fully saturated rings. The van der Waals surface area contributed by atoms with Crippen molar-refractivity contribution in [2.24, 2.45) is 11.1 Å². The standard InChI is InChI=1S/C15H20N2O2/c16-13-6-7-15(13)8-12(9-15)17-14(18)19-10-11-4-2-1-3-5-11/h1-5,12-13H,6-10,16H2,(H,17,18)/t12?,13-,15?/m1/s1. The van der Waals surface area contributed by atoms with E-state index in [9.17, 15) is 4.79 Å². The Morgan fingerprint density at radius 1 is 1.37 bits per heavy atom. The van der Waals surface area contributed by atoms with Gasteiger partial charge in [-0.25, -0.2) is 4.79 Å². The lowest BCUT2D eigenvalue weighted by molar-refractivity contribution is -0.0262. The number of alkyl carbamates (subject to hydrolysis) is 1. The molecule has 1 aromatic rings. The van der Waals surface area contributed by atoms with Crippen LogP contribution in [0.2, 0.25) is 0 Å². The lowest BCUT2D eigenvalue weighted by Gasteiger charge is -2.58. The number of benzene rings is 1. The molecule has 0 heterocycles. The molecule has 1 aromatic carbocycles. The van der Waals surface area contributed by atoms with Gasteiger partial charge in [0, 0.05) is 12.1 Å². The topological polar surface area (TPSA) is 64.3 Å². The normalized spacial score (nSPS) is 32.3. The van der Waals surface area contributed by atoms with E-state index >= 15 is 0 Å². The molecule has 1 amide bonds. The molecule has 3 rings (SSSR count). The monoisotopic (exact) mass is 260 g/mol. The van der Waals surface area contributed by atoms with E-state index in [2.05, 4.69) is 5.32 Å². The van der Waals surface area contributed by atoms with Gasteiger partial charge in [-0.15, -0.1) is 0 Å². The van der Waals surface area contributed by atoms with Crippen LogP contribution in [-0.4, -0.2) is 18.2 Å². The number of carbonyl (C=O) groups excluding carboxylic acids is 1. The van der Waals surface area contributed by atoms with Crippen LogP contribution in [-0.2, 0) is 11.3 Å². The van der Waals surface area contributed by atoms with Crippen molar-refractivity contribution in [2.45, 2.75) is 44.4 Å². The van der Waals surface area contributed by atoms with E-state index in [1.54, 1.807) is 0 Å². The van der Waals surface area contributed by atoms with Gasteiger partial charge in [0.05, 0.1) is 0 Å². The highest BCUT2D eigenvalue weighted by Gasteiger charge is 2.53. The van der Waals surface area contributed by atoms with E-state index in [1.807, 2.05) is 30.3 Å². The molecule has 0 saturated heterocycles. The first-order valence-corrected chi connectivity index (χ1v) is 6.91. The summed E-state index contributed by atoms with van der Waals surface area (Å²) < 4.78 is 5.20. The van der Waals surface area contributed by atoms with Crippen molar-refractivity contribution in [1.29, 1.82) is 0 Å². The SMILES string of the molecule is N[C@@H]1CCC12CC(NC(=O)OCc1ccccc1)C2. The van der Waals surface area contributed by atoms with Gasteiger partial charge < -0.3 is 15.8 Å². The molecular formula is C15H20N2O2. The second-order valence-electron chi connectivity index (χ2n) is 5.82. The van der Waals surface area contributed by atoms with Crippen LogP contribution in [0.1, 0.15) is 31.2 Å². The van der Waals surface area contributed by atoms with Crippen LogP contribution in [0.3, 0.4) is 0 Å².